The maximum absolute atomic E-state index is 13.0. The normalized spacial score (nSPS) is 19.5. The predicted molar refractivity (Wildman–Crippen MR) is 122 cm³/mol. The Morgan fingerprint density at radius 3 is 2.28 bits per heavy atom. The molecule has 11 heteroatoms. The van der Waals surface area contributed by atoms with Crippen LogP contribution in [-0.4, -0.2) is 53.0 Å². The molecule has 2 amide bonds. The van der Waals surface area contributed by atoms with E-state index in [1.54, 1.807) is 59.7 Å². The summed E-state index contributed by atoms with van der Waals surface area (Å²) in [4.78, 5) is 36.0. The number of rotatable bonds is 5. The van der Waals surface area contributed by atoms with Gasteiger partial charge in [0.25, 0.3) is 0 Å². The van der Waals surface area contributed by atoms with Crippen LogP contribution in [0.1, 0.15) is 64.3 Å². The number of ether oxygens (including phenoxy) is 1. The van der Waals surface area contributed by atoms with Crippen LogP contribution in [0.5, 0.6) is 0 Å². The fourth-order valence-corrected chi connectivity index (χ4v) is 6.60. The highest BCUT2D eigenvalue weighted by atomic mass is 79.9. The fourth-order valence-electron chi connectivity index (χ4n) is 3.49. The Balaban J connectivity index is 2.25. The number of hydrogen-bond donors (Lipinski definition) is 2. The molecule has 0 aromatic heterocycles. The van der Waals surface area contributed by atoms with Crippen molar-refractivity contribution in [2.45, 2.75) is 76.8 Å². The third-order valence-electron chi connectivity index (χ3n) is 4.65. The monoisotopic (exact) mass is 532 g/mol. The van der Waals surface area contributed by atoms with Gasteiger partial charge in [0.05, 0.1) is 12.0 Å². The Kier molecular flexibility index (Phi) is 7.35. The highest BCUT2D eigenvalue weighted by Crippen LogP contribution is 2.42. The molecule has 0 saturated carbocycles. The molecule has 1 aromatic rings. The molecule has 0 radical (unpaired) electrons. The average molecular weight is 533 g/mol. The van der Waals surface area contributed by atoms with Crippen molar-refractivity contribution in [3.63, 3.8) is 0 Å². The second kappa shape index (κ2) is 9.01. The standard InChI is InChI=1S/C21H29BrN2O7S/c1-20(2,3)24-17(25)11-16(32(24,29)30)13-8-7-12(9-14(13)22)10-15(18(26)27)23-19(28)31-21(4,5)6/h7-9,15-16H,10-11H2,1-6H3,(H,23,28)(H,26,27)/t15-,16?/m0/s1. The largest absolute Gasteiger partial charge is 0.480 e. The minimum absolute atomic E-state index is 0.0437. The van der Waals surface area contributed by atoms with Gasteiger partial charge in [0, 0.05) is 10.9 Å². The molecular formula is C21H29BrN2O7S. The van der Waals surface area contributed by atoms with E-state index in [9.17, 15) is 27.9 Å². The van der Waals surface area contributed by atoms with Gasteiger partial charge in [0.1, 0.15) is 16.9 Å². The molecule has 2 N–H and O–H groups in total. The van der Waals surface area contributed by atoms with Gasteiger partial charge in [-0.3, -0.25) is 4.79 Å². The molecule has 1 heterocycles. The molecule has 0 aliphatic carbocycles. The molecule has 0 spiro atoms. The summed E-state index contributed by atoms with van der Waals surface area (Å²) in [7, 11) is -3.91. The van der Waals surface area contributed by atoms with Gasteiger partial charge >= 0.3 is 12.1 Å². The van der Waals surface area contributed by atoms with Crippen molar-refractivity contribution in [3.8, 4) is 0 Å². The third kappa shape index (κ3) is 6.00. The zero-order chi connectivity index (χ0) is 24.6. The number of sulfonamides is 1. The first-order valence-corrected chi connectivity index (χ1v) is 12.3. The molecule has 32 heavy (non-hydrogen) atoms. The van der Waals surface area contributed by atoms with Crippen LogP contribution in [-0.2, 0) is 30.8 Å². The van der Waals surface area contributed by atoms with E-state index in [2.05, 4.69) is 21.2 Å². The summed E-state index contributed by atoms with van der Waals surface area (Å²) in [6.45, 7) is 9.98. The van der Waals surface area contributed by atoms with E-state index in [0.717, 1.165) is 4.31 Å². The number of carbonyl (C=O) groups is 3. The van der Waals surface area contributed by atoms with Crippen molar-refractivity contribution in [1.29, 1.82) is 0 Å². The molecule has 178 valence electrons. The fraction of sp³-hybridized carbons (Fsp3) is 0.571. The molecule has 0 bridgehead atoms. The lowest BCUT2D eigenvalue weighted by Gasteiger charge is -2.31. The number of aliphatic carboxylic acids is 1. The zero-order valence-corrected chi connectivity index (χ0v) is 21.3. The molecule has 1 saturated heterocycles. The minimum Gasteiger partial charge on any atom is -0.480 e. The maximum Gasteiger partial charge on any atom is 0.408 e. The van der Waals surface area contributed by atoms with E-state index >= 15 is 0 Å². The number of amides is 2. The summed E-state index contributed by atoms with van der Waals surface area (Å²) < 4.78 is 32.5. The second-order valence-corrected chi connectivity index (χ2v) is 12.5. The number of nitrogens with one attached hydrogen (secondary N) is 1. The van der Waals surface area contributed by atoms with Crippen molar-refractivity contribution in [2.75, 3.05) is 0 Å². The van der Waals surface area contributed by atoms with E-state index < -0.39 is 50.4 Å². The van der Waals surface area contributed by atoms with Crippen LogP contribution >= 0.6 is 15.9 Å². The first kappa shape index (κ1) is 26.1. The molecule has 1 unspecified atom stereocenters. The molecule has 2 rings (SSSR count). The Labute approximate surface area is 196 Å². The number of carboxylic acids is 1. The Bertz CT molecular complexity index is 1030. The lowest BCUT2D eigenvalue weighted by molar-refractivity contribution is -0.139. The average Bonchev–Trinajstić information content (AvgIpc) is 2.81. The van der Waals surface area contributed by atoms with Gasteiger partial charge in [0.15, 0.2) is 0 Å². The number of alkyl carbamates (subject to hydrolysis) is 1. The number of carbonyl (C=O) groups excluding carboxylic acids is 2. The van der Waals surface area contributed by atoms with Crippen LogP contribution in [0, 0.1) is 0 Å². The van der Waals surface area contributed by atoms with Crippen LogP contribution in [0.25, 0.3) is 0 Å². The summed E-state index contributed by atoms with van der Waals surface area (Å²) >= 11 is 3.36. The summed E-state index contributed by atoms with van der Waals surface area (Å²) in [6.07, 6.45) is -1.06. The van der Waals surface area contributed by atoms with Crippen LogP contribution in [0.3, 0.4) is 0 Å². The van der Waals surface area contributed by atoms with Crippen molar-refractivity contribution in [3.05, 3.63) is 33.8 Å². The lowest BCUT2D eigenvalue weighted by Crippen LogP contribution is -2.45. The number of carboxylic acid groups (broad SMARTS) is 1. The van der Waals surface area contributed by atoms with Gasteiger partial charge in [-0.15, -0.1) is 0 Å². The van der Waals surface area contributed by atoms with Gasteiger partial charge in [-0.2, -0.15) is 0 Å². The van der Waals surface area contributed by atoms with E-state index in [4.69, 9.17) is 4.74 Å². The molecule has 2 atom stereocenters. The van der Waals surface area contributed by atoms with E-state index in [1.807, 2.05) is 0 Å². The number of benzene rings is 1. The quantitative estimate of drug-likeness (QED) is 0.594. The van der Waals surface area contributed by atoms with Gasteiger partial charge < -0.3 is 15.2 Å². The van der Waals surface area contributed by atoms with E-state index in [1.165, 1.54) is 0 Å². The van der Waals surface area contributed by atoms with Crippen LogP contribution in [0.2, 0.25) is 0 Å². The Morgan fingerprint density at radius 1 is 1.25 bits per heavy atom. The molecular weight excluding hydrogens is 504 g/mol. The molecule has 1 aliphatic rings. The van der Waals surface area contributed by atoms with Crippen molar-refractivity contribution >= 4 is 43.9 Å². The van der Waals surface area contributed by atoms with Crippen molar-refractivity contribution in [2.24, 2.45) is 0 Å². The first-order chi connectivity index (χ1) is 14.4. The summed E-state index contributed by atoms with van der Waals surface area (Å²) in [6, 6.07) is 3.51. The molecule has 9 nitrogen and oxygen atoms in total. The maximum atomic E-state index is 13.0. The first-order valence-electron chi connectivity index (χ1n) is 10.0. The summed E-state index contributed by atoms with van der Waals surface area (Å²) in [5, 5.41) is 10.8. The highest BCUT2D eigenvalue weighted by molar-refractivity contribution is 9.10. The lowest BCUT2D eigenvalue weighted by atomic mass is 10.0. The predicted octanol–water partition coefficient (Wildman–Crippen LogP) is 3.37. The summed E-state index contributed by atoms with van der Waals surface area (Å²) in [5.74, 6) is -1.70. The van der Waals surface area contributed by atoms with Gasteiger partial charge in [-0.05, 0) is 58.7 Å². The third-order valence-corrected chi connectivity index (χ3v) is 7.74. The zero-order valence-electron chi connectivity index (χ0n) is 18.9. The Hall–Kier alpha value is -2.14. The van der Waals surface area contributed by atoms with Gasteiger partial charge in [-0.25, -0.2) is 22.3 Å². The Morgan fingerprint density at radius 2 is 1.84 bits per heavy atom. The smallest absolute Gasteiger partial charge is 0.408 e. The van der Waals surface area contributed by atoms with Gasteiger partial charge in [0.2, 0.25) is 15.9 Å². The van der Waals surface area contributed by atoms with Crippen LogP contribution < -0.4 is 5.32 Å². The van der Waals surface area contributed by atoms with Crippen LogP contribution in [0.15, 0.2) is 22.7 Å². The number of halogens is 1. The van der Waals surface area contributed by atoms with Crippen molar-refractivity contribution in [1.82, 2.24) is 9.62 Å². The SMILES string of the molecule is CC(C)(C)OC(=O)N[C@@H](Cc1ccc(C2CC(=O)N(C(C)(C)C)S2(=O)=O)c(Br)c1)C(=O)O. The van der Waals surface area contributed by atoms with Gasteiger partial charge in [-0.1, -0.05) is 28.1 Å². The van der Waals surface area contributed by atoms with E-state index in [0.29, 0.717) is 15.6 Å². The van der Waals surface area contributed by atoms with Crippen molar-refractivity contribution < 1.29 is 32.6 Å². The topological polar surface area (TPSA) is 130 Å². The number of hydrogen-bond acceptors (Lipinski definition) is 6. The molecule has 1 aliphatic heterocycles. The highest BCUT2D eigenvalue weighted by Gasteiger charge is 2.50. The van der Waals surface area contributed by atoms with E-state index in [-0.39, 0.29) is 12.8 Å². The van der Waals surface area contributed by atoms with Crippen LogP contribution in [0.4, 0.5) is 4.79 Å². The molecule has 1 fully saturated rings. The summed E-state index contributed by atoms with van der Waals surface area (Å²) in [5.41, 5.74) is -0.679. The minimum atomic E-state index is -3.91. The second-order valence-electron chi connectivity index (χ2n) is 9.66. The number of nitrogens with zero attached hydrogens (tertiary/aromatic N) is 1. The molecule has 1 aromatic carbocycles.